The van der Waals surface area contributed by atoms with Crippen LogP contribution in [0.1, 0.15) is 34.3 Å². The van der Waals surface area contributed by atoms with Gasteiger partial charge in [0.15, 0.2) is 0 Å². The Kier molecular flexibility index (Phi) is 6.61. The Hall–Kier alpha value is -3.20. The molecule has 5 N–H and O–H groups in total. The highest BCUT2D eigenvalue weighted by molar-refractivity contribution is 6.01. The normalized spacial score (nSPS) is 14.5. The second kappa shape index (κ2) is 9.33. The van der Waals surface area contributed by atoms with E-state index in [1.165, 1.54) is 31.5 Å². The van der Waals surface area contributed by atoms with Crippen LogP contribution < -0.4 is 16.4 Å². The van der Waals surface area contributed by atoms with E-state index in [-0.39, 0.29) is 22.5 Å². The molecule has 1 saturated heterocycles. The summed E-state index contributed by atoms with van der Waals surface area (Å²) in [5, 5.41) is 13.7. The third kappa shape index (κ3) is 5.20. The smallest absolute Gasteiger partial charge is 0.320 e. The number of urea groups is 1. The molecule has 2 amide bonds. The highest BCUT2D eigenvalue weighted by atomic mass is 19.1. The summed E-state index contributed by atoms with van der Waals surface area (Å²) in [5.74, 6) is 0.266. The van der Waals surface area contributed by atoms with Crippen LogP contribution in [0.3, 0.4) is 0 Å². The molecule has 0 bridgehead atoms. The van der Waals surface area contributed by atoms with Gasteiger partial charge >= 0.3 is 6.03 Å². The van der Waals surface area contributed by atoms with Gasteiger partial charge in [0.1, 0.15) is 17.5 Å². The van der Waals surface area contributed by atoms with Crippen molar-refractivity contribution in [2.75, 3.05) is 37.9 Å². The molecule has 8 nitrogen and oxygen atoms in total. The Bertz CT molecular complexity index is 882. The summed E-state index contributed by atoms with van der Waals surface area (Å²) in [6.07, 6.45) is 3.62. The highest BCUT2D eigenvalue weighted by Crippen LogP contribution is 2.20. The summed E-state index contributed by atoms with van der Waals surface area (Å²) in [6.45, 7) is 1.90. The molecule has 3 rings (SSSR count). The summed E-state index contributed by atoms with van der Waals surface area (Å²) in [6, 6.07) is 6.42. The van der Waals surface area contributed by atoms with E-state index in [0.29, 0.717) is 22.6 Å². The van der Waals surface area contributed by atoms with E-state index < -0.39 is 12.1 Å². The zero-order valence-electron chi connectivity index (χ0n) is 16.2. The number of carbonyl (C=O) groups excluding carboxylic acids is 1. The summed E-state index contributed by atoms with van der Waals surface area (Å²) in [7, 11) is 1.52. The standard InChI is InChI=1S/C20H25FN6O2.3H2/c1-29-12-17(13-4-6-14(21)7-5-13)25-20(28)26-18-10-16(22)15(11-24-18)19(23)27-8-2-3-9-27;;;/h4-7,10-11,17,23H,2-3,8-9,12H2,1H3,(H4,22,24,25,26,28);3*1H. The van der Waals surface area contributed by atoms with Crippen molar-refractivity contribution in [3.05, 3.63) is 53.5 Å². The molecule has 0 aliphatic carbocycles. The lowest BCUT2D eigenvalue weighted by Gasteiger charge is -2.20. The van der Waals surface area contributed by atoms with Crippen LogP contribution in [0.25, 0.3) is 0 Å². The first kappa shape index (κ1) is 20.5. The molecule has 2 aromatic rings. The van der Waals surface area contributed by atoms with Crippen LogP contribution in [0.15, 0.2) is 36.5 Å². The summed E-state index contributed by atoms with van der Waals surface area (Å²) < 4.78 is 18.3. The zero-order chi connectivity index (χ0) is 20.8. The number of likely N-dealkylation sites (tertiary alicyclic amines) is 1. The van der Waals surface area contributed by atoms with Crippen molar-refractivity contribution in [3.8, 4) is 0 Å². The van der Waals surface area contributed by atoms with Gasteiger partial charge in [0.05, 0.1) is 18.2 Å². The summed E-state index contributed by atoms with van der Waals surface area (Å²) >= 11 is 0. The number of hydrogen-bond donors (Lipinski definition) is 4. The maximum absolute atomic E-state index is 13.1. The number of nitrogen functional groups attached to an aromatic ring is 1. The van der Waals surface area contributed by atoms with Crippen LogP contribution in [0.4, 0.5) is 20.7 Å². The molecule has 29 heavy (non-hydrogen) atoms. The average molecular weight is 407 g/mol. The lowest BCUT2D eigenvalue weighted by Crippen LogP contribution is -2.35. The third-order valence-electron chi connectivity index (χ3n) is 4.77. The zero-order valence-corrected chi connectivity index (χ0v) is 16.2. The molecule has 1 atom stereocenters. The number of nitrogens with two attached hydrogens (primary N) is 1. The fourth-order valence-corrected chi connectivity index (χ4v) is 3.24. The molecular formula is C20H31FN6O2. The number of halogens is 1. The van der Waals surface area contributed by atoms with Crippen molar-refractivity contribution in [2.24, 2.45) is 0 Å². The number of hydrogen-bond acceptors (Lipinski definition) is 5. The van der Waals surface area contributed by atoms with Crippen molar-refractivity contribution < 1.29 is 18.2 Å². The van der Waals surface area contributed by atoms with Gasteiger partial charge in [-0.15, -0.1) is 0 Å². The number of amidine groups is 1. The number of methoxy groups -OCH3 is 1. The minimum atomic E-state index is -0.495. The van der Waals surface area contributed by atoms with Crippen LogP contribution in [-0.2, 0) is 4.74 Å². The lowest BCUT2D eigenvalue weighted by molar-refractivity contribution is 0.168. The maximum atomic E-state index is 13.1. The van der Waals surface area contributed by atoms with Crippen molar-refractivity contribution in [1.82, 2.24) is 15.2 Å². The van der Waals surface area contributed by atoms with Gasteiger partial charge in [-0.3, -0.25) is 10.7 Å². The number of pyridine rings is 1. The van der Waals surface area contributed by atoms with E-state index in [1.54, 1.807) is 12.1 Å². The molecule has 1 aromatic carbocycles. The predicted octanol–water partition coefficient (Wildman–Crippen LogP) is 3.47. The second-order valence-corrected chi connectivity index (χ2v) is 6.86. The number of amides is 2. The van der Waals surface area contributed by atoms with Crippen LogP contribution in [-0.4, -0.2) is 48.6 Å². The van der Waals surface area contributed by atoms with Crippen molar-refractivity contribution >= 4 is 23.4 Å². The Morgan fingerprint density at radius 1 is 1.38 bits per heavy atom. The first-order valence-electron chi connectivity index (χ1n) is 9.39. The van der Waals surface area contributed by atoms with E-state index >= 15 is 0 Å². The molecule has 1 fully saturated rings. The quantitative estimate of drug-likeness (QED) is 0.433. The first-order chi connectivity index (χ1) is 14.0. The monoisotopic (exact) mass is 406 g/mol. The van der Waals surface area contributed by atoms with Gasteiger partial charge in [0.2, 0.25) is 0 Å². The Morgan fingerprint density at radius 3 is 2.69 bits per heavy atom. The largest absolute Gasteiger partial charge is 0.398 e. The minimum Gasteiger partial charge on any atom is -0.398 e. The maximum Gasteiger partial charge on any atom is 0.320 e. The first-order valence-corrected chi connectivity index (χ1v) is 9.39. The molecular weight excluding hydrogens is 375 g/mol. The number of carbonyl (C=O) groups is 1. The Morgan fingerprint density at radius 2 is 2.07 bits per heavy atom. The van der Waals surface area contributed by atoms with E-state index in [9.17, 15) is 9.18 Å². The molecule has 2 heterocycles. The number of nitrogens with zero attached hydrogens (tertiary/aromatic N) is 2. The lowest BCUT2D eigenvalue weighted by atomic mass is 10.1. The van der Waals surface area contributed by atoms with Crippen molar-refractivity contribution in [1.29, 1.82) is 5.41 Å². The van der Waals surface area contributed by atoms with Crippen molar-refractivity contribution in [3.63, 3.8) is 0 Å². The van der Waals surface area contributed by atoms with Crippen LogP contribution in [0.5, 0.6) is 0 Å². The number of aromatic nitrogens is 1. The number of ether oxygens (including phenoxy) is 1. The molecule has 0 spiro atoms. The van der Waals surface area contributed by atoms with E-state index in [2.05, 4.69) is 15.6 Å². The molecule has 160 valence electrons. The van der Waals surface area contributed by atoms with Crippen molar-refractivity contribution in [2.45, 2.75) is 18.9 Å². The molecule has 1 unspecified atom stereocenters. The molecule has 1 aliphatic heterocycles. The van der Waals surface area contributed by atoms with E-state index in [0.717, 1.165) is 25.9 Å². The van der Waals surface area contributed by atoms with Crippen LogP contribution >= 0.6 is 0 Å². The fourth-order valence-electron chi connectivity index (χ4n) is 3.24. The molecule has 9 heteroatoms. The summed E-state index contributed by atoms with van der Waals surface area (Å²) in [5.41, 5.74) is 7.72. The summed E-state index contributed by atoms with van der Waals surface area (Å²) in [4.78, 5) is 18.6. The predicted molar refractivity (Wildman–Crippen MR) is 116 cm³/mol. The van der Waals surface area contributed by atoms with Crippen LogP contribution in [0, 0.1) is 11.2 Å². The van der Waals surface area contributed by atoms with Gasteiger partial charge in [-0.2, -0.15) is 0 Å². The SMILES string of the molecule is COCC(NC(=O)Nc1cc(N)c(C(=N)N2CCCC2)cn1)c1ccc(F)cc1.[HH].[HH].[HH]. The Labute approximate surface area is 173 Å². The van der Waals surface area contributed by atoms with E-state index in [4.69, 9.17) is 15.9 Å². The number of nitrogens with one attached hydrogen (secondary N) is 3. The second-order valence-electron chi connectivity index (χ2n) is 6.86. The number of anilines is 2. The highest BCUT2D eigenvalue weighted by Gasteiger charge is 2.19. The topological polar surface area (TPSA) is 116 Å². The van der Waals surface area contributed by atoms with E-state index in [1.807, 2.05) is 4.90 Å². The molecule has 1 aromatic heterocycles. The third-order valence-corrected chi connectivity index (χ3v) is 4.77. The van der Waals surface area contributed by atoms with Gasteiger partial charge in [0, 0.05) is 42.4 Å². The average Bonchev–Trinajstić information content (AvgIpc) is 3.23. The minimum absolute atomic E-state index is 0. The number of benzene rings is 1. The Balaban J connectivity index is 0.00000320. The van der Waals surface area contributed by atoms with Gasteiger partial charge in [-0.05, 0) is 30.5 Å². The number of rotatable bonds is 6. The molecule has 0 saturated carbocycles. The van der Waals surface area contributed by atoms with Gasteiger partial charge in [-0.25, -0.2) is 14.2 Å². The fraction of sp³-hybridized carbons (Fsp3) is 0.350. The van der Waals surface area contributed by atoms with Gasteiger partial charge in [-0.1, -0.05) is 12.1 Å². The van der Waals surface area contributed by atoms with Gasteiger partial charge < -0.3 is 20.7 Å². The van der Waals surface area contributed by atoms with Crippen LogP contribution in [0.2, 0.25) is 0 Å². The van der Waals surface area contributed by atoms with Gasteiger partial charge in [0.25, 0.3) is 0 Å². The molecule has 1 aliphatic rings. The molecule has 0 radical (unpaired) electrons.